The lowest BCUT2D eigenvalue weighted by molar-refractivity contribution is 0.0946. The molecule has 2 N–H and O–H groups in total. The van der Waals surface area contributed by atoms with Crippen LogP contribution in [0.5, 0.6) is 23.0 Å². The Morgan fingerprint density at radius 2 is 0.966 bits per heavy atom. The molecule has 0 unspecified atom stereocenters. The standard InChI is InChI=1S/C21H26N2O6/c1-26-14-8-5-9-15(27-2)18(14)20(24)22-12-7-13-23-21(25)19-16(28-3)10-6-11-17(19)29-4/h5-6,8-11H,7,12-13H2,1-4H3,(H,22,24)(H,23,25). The van der Waals surface area contributed by atoms with Gasteiger partial charge in [-0.05, 0) is 30.7 Å². The summed E-state index contributed by atoms with van der Waals surface area (Å²) < 4.78 is 21.0. The van der Waals surface area contributed by atoms with Gasteiger partial charge in [-0.15, -0.1) is 0 Å². The van der Waals surface area contributed by atoms with Crippen LogP contribution in [0, 0.1) is 0 Å². The van der Waals surface area contributed by atoms with E-state index in [1.54, 1.807) is 36.4 Å². The van der Waals surface area contributed by atoms with Gasteiger partial charge in [0.15, 0.2) is 0 Å². The molecule has 2 rings (SSSR count). The fourth-order valence-corrected chi connectivity index (χ4v) is 2.82. The monoisotopic (exact) mass is 402 g/mol. The van der Waals surface area contributed by atoms with Gasteiger partial charge in [0, 0.05) is 13.1 Å². The highest BCUT2D eigenvalue weighted by molar-refractivity contribution is 6.00. The van der Waals surface area contributed by atoms with Crippen molar-refractivity contribution in [2.45, 2.75) is 6.42 Å². The topological polar surface area (TPSA) is 95.1 Å². The highest BCUT2D eigenvalue weighted by Gasteiger charge is 2.19. The number of rotatable bonds is 10. The van der Waals surface area contributed by atoms with E-state index in [1.807, 2.05) is 0 Å². The molecule has 0 aliphatic carbocycles. The maximum absolute atomic E-state index is 12.5. The maximum atomic E-state index is 12.5. The lowest BCUT2D eigenvalue weighted by atomic mass is 10.1. The predicted octanol–water partition coefficient (Wildman–Crippen LogP) is 2.27. The summed E-state index contributed by atoms with van der Waals surface area (Å²) in [6.45, 7) is 0.729. The van der Waals surface area contributed by atoms with Gasteiger partial charge in [0.1, 0.15) is 34.1 Å². The summed E-state index contributed by atoms with van der Waals surface area (Å²) in [5.41, 5.74) is 0.667. The summed E-state index contributed by atoms with van der Waals surface area (Å²) in [7, 11) is 5.97. The minimum atomic E-state index is -0.308. The van der Waals surface area contributed by atoms with Gasteiger partial charge >= 0.3 is 0 Å². The second kappa shape index (κ2) is 10.8. The molecule has 0 aliphatic rings. The first-order chi connectivity index (χ1) is 14.1. The molecular weight excluding hydrogens is 376 g/mol. The highest BCUT2D eigenvalue weighted by Crippen LogP contribution is 2.28. The summed E-state index contributed by atoms with van der Waals surface area (Å²) in [6.07, 6.45) is 0.534. The zero-order valence-corrected chi connectivity index (χ0v) is 17.0. The first-order valence-electron chi connectivity index (χ1n) is 9.05. The van der Waals surface area contributed by atoms with Crippen LogP contribution in [-0.4, -0.2) is 53.3 Å². The lowest BCUT2D eigenvalue weighted by Crippen LogP contribution is -2.30. The van der Waals surface area contributed by atoms with Crippen molar-refractivity contribution in [3.63, 3.8) is 0 Å². The molecule has 0 aliphatic heterocycles. The summed E-state index contributed by atoms with van der Waals surface area (Å²) >= 11 is 0. The summed E-state index contributed by atoms with van der Waals surface area (Å²) in [5.74, 6) is 1.10. The number of hydrogen-bond donors (Lipinski definition) is 2. The molecule has 0 heterocycles. The summed E-state index contributed by atoms with van der Waals surface area (Å²) in [5, 5.41) is 5.61. The molecule has 156 valence electrons. The van der Waals surface area contributed by atoms with Crippen molar-refractivity contribution in [1.29, 1.82) is 0 Å². The minimum Gasteiger partial charge on any atom is -0.496 e. The van der Waals surface area contributed by atoms with E-state index in [-0.39, 0.29) is 11.8 Å². The third-order valence-corrected chi connectivity index (χ3v) is 4.23. The smallest absolute Gasteiger partial charge is 0.258 e. The van der Waals surface area contributed by atoms with Gasteiger partial charge in [0.05, 0.1) is 28.4 Å². The first-order valence-corrected chi connectivity index (χ1v) is 9.05. The Hall–Kier alpha value is -3.42. The first kappa shape index (κ1) is 21.9. The number of benzene rings is 2. The zero-order valence-electron chi connectivity index (χ0n) is 17.0. The molecule has 2 aromatic carbocycles. The van der Waals surface area contributed by atoms with E-state index < -0.39 is 0 Å². The summed E-state index contributed by atoms with van der Waals surface area (Å²) in [4.78, 5) is 25.0. The second-order valence-corrected chi connectivity index (χ2v) is 5.94. The Morgan fingerprint density at radius 1 is 0.655 bits per heavy atom. The lowest BCUT2D eigenvalue weighted by Gasteiger charge is -2.14. The number of carbonyl (C=O) groups is 2. The van der Waals surface area contributed by atoms with Crippen molar-refractivity contribution in [2.24, 2.45) is 0 Å². The average molecular weight is 402 g/mol. The van der Waals surface area contributed by atoms with Crippen LogP contribution in [0.2, 0.25) is 0 Å². The van der Waals surface area contributed by atoms with E-state index in [0.717, 1.165) is 0 Å². The average Bonchev–Trinajstić information content (AvgIpc) is 2.76. The van der Waals surface area contributed by atoms with Crippen LogP contribution >= 0.6 is 0 Å². The number of hydrogen-bond acceptors (Lipinski definition) is 6. The highest BCUT2D eigenvalue weighted by atomic mass is 16.5. The van der Waals surface area contributed by atoms with Gasteiger partial charge in [-0.1, -0.05) is 12.1 Å². The van der Waals surface area contributed by atoms with E-state index in [9.17, 15) is 9.59 Å². The SMILES string of the molecule is COc1cccc(OC)c1C(=O)NCCCNC(=O)c1c(OC)cccc1OC. The Balaban J connectivity index is 1.90. The number of amides is 2. The number of carbonyl (C=O) groups excluding carboxylic acids is 2. The normalized spacial score (nSPS) is 10.1. The zero-order chi connectivity index (χ0) is 21.2. The molecule has 0 spiro atoms. The van der Waals surface area contributed by atoms with Gasteiger partial charge in [-0.2, -0.15) is 0 Å². The molecule has 0 fully saturated rings. The number of nitrogens with one attached hydrogen (secondary N) is 2. The predicted molar refractivity (Wildman–Crippen MR) is 108 cm³/mol. The van der Waals surface area contributed by atoms with Crippen LogP contribution < -0.4 is 29.6 Å². The van der Waals surface area contributed by atoms with Crippen molar-refractivity contribution < 1.29 is 28.5 Å². The van der Waals surface area contributed by atoms with Crippen LogP contribution in [0.3, 0.4) is 0 Å². The van der Waals surface area contributed by atoms with Crippen molar-refractivity contribution in [2.75, 3.05) is 41.5 Å². The van der Waals surface area contributed by atoms with Crippen molar-refractivity contribution in [3.05, 3.63) is 47.5 Å². The van der Waals surface area contributed by atoms with Gasteiger partial charge < -0.3 is 29.6 Å². The van der Waals surface area contributed by atoms with Crippen LogP contribution in [0.4, 0.5) is 0 Å². The van der Waals surface area contributed by atoms with E-state index >= 15 is 0 Å². The van der Waals surface area contributed by atoms with Crippen molar-refractivity contribution in [3.8, 4) is 23.0 Å². The molecule has 0 saturated carbocycles. The Bertz CT molecular complexity index is 739. The van der Waals surface area contributed by atoms with Crippen LogP contribution in [0.1, 0.15) is 27.1 Å². The van der Waals surface area contributed by atoms with Gasteiger partial charge in [0.2, 0.25) is 0 Å². The molecule has 0 aromatic heterocycles. The van der Waals surface area contributed by atoms with Crippen molar-refractivity contribution in [1.82, 2.24) is 10.6 Å². The van der Waals surface area contributed by atoms with Gasteiger partial charge in [0.25, 0.3) is 11.8 Å². The van der Waals surface area contributed by atoms with E-state index in [2.05, 4.69) is 10.6 Å². The van der Waals surface area contributed by atoms with E-state index in [4.69, 9.17) is 18.9 Å². The molecule has 2 aromatic rings. The molecule has 29 heavy (non-hydrogen) atoms. The third kappa shape index (κ3) is 5.31. The molecule has 0 radical (unpaired) electrons. The number of methoxy groups -OCH3 is 4. The Morgan fingerprint density at radius 3 is 1.24 bits per heavy atom. The largest absolute Gasteiger partial charge is 0.496 e. The second-order valence-electron chi connectivity index (χ2n) is 5.94. The van der Waals surface area contributed by atoms with Crippen molar-refractivity contribution >= 4 is 11.8 Å². The molecule has 0 atom stereocenters. The van der Waals surface area contributed by atoms with Crippen LogP contribution in [0.15, 0.2) is 36.4 Å². The molecule has 8 nitrogen and oxygen atoms in total. The molecule has 8 heteroatoms. The molecule has 2 amide bonds. The van der Waals surface area contributed by atoms with E-state index in [0.29, 0.717) is 53.6 Å². The fourth-order valence-electron chi connectivity index (χ4n) is 2.82. The fraction of sp³-hybridized carbons (Fsp3) is 0.333. The number of ether oxygens (including phenoxy) is 4. The third-order valence-electron chi connectivity index (χ3n) is 4.23. The van der Waals surface area contributed by atoms with Crippen LogP contribution in [-0.2, 0) is 0 Å². The van der Waals surface area contributed by atoms with Gasteiger partial charge in [-0.25, -0.2) is 0 Å². The van der Waals surface area contributed by atoms with Crippen LogP contribution in [0.25, 0.3) is 0 Å². The van der Waals surface area contributed by atoms with Gasteiger partial charge in [-0.3, -0.25) is 9.59 Å². The Labute approximate surface area is 170 Å². The quantitative estimate of drug-likeness (QED) is 0.592. The molecule has 0 saturated heterocycles. The minimum absolute atomic E-state index is 0.308. The maximum Gasteiger partial charge on any atom is 0.258 e. The van der Waals surface area contributed by atoms with E-state index in [1.165, 1.54) is 28.4 Å². The summed E-state index contributed by atoms with van der Waals surface area (Å²) in [6, 6.07) is 10.3. The molecule has 0 bridgehead atoms. The Kier molecular flexibility index (Phi) is 8.14. The molecular formula is C21H26N2O6.